The first kappa shape index (κ1) is 22.8. The molecule has 3 rings (SSSR count). The van der Waals surface area contributed by atoms with Crippen LogP contribution >= 0.6 is 11.8 Å². The van der Waals surface area contributed by atoms with Crippen LogP contribution in [0.5, 0.6) is 0 Å². The number of ketones is 1. The van der Waals surface area contributed by atoms with Gasteiger partial charge in [-0.1, -0.05) is 0 Å². The topological polar surface area (TPSA) is 111 Å². The summed E-state index contributed by atoms with van der Waals surface area (Å²) in [5.74, 6) is 0.135. The minimum Gasteiger partial charge on any atom is -0.326 e. The average molecular weight is 458 g/mol. The first-order chi connectivity index (χ1) is 14.6. The Morgan fingerprint density at radius 3 is 2.19 bits per heavy atom. The van der Waals surface area contributed by atoms with Gasteiger partial charge in [-0.05, 0) is 68.4 Å². The maximum atomic E-state index is 12.8. The third-order valence-corrected chi connectivity index (χ3v) is 6.64. The molecule has 3 aromatic rings. The zero-order valence-corrected chi connectivity index (χ0v) is 19.0. The smallest absolute Gasteiger partial charge is 0.238 e. The third kappa shape index (κ3) is 5.43. The van der Waals surface area contributed by atoms with Gasteiger partial charge in [0, 0.05) is 40.1 Å². The van der Waals surface area contributed by atoms with Crippen LogP contribution in [0.4, 0.5) is 5.69 Å². The van der Waals surface area contributed by atoms with Crippen molar-refractivity contribution in [3.8, 4) is 5.69 Å². The summed E-state index contributed by atoms with van der Waals surface area (Å²) in [6, 6.07) is 15.4. The molecule has 1 heterocycles. The predicted octanol–water partition coefficient (Wildman–Crippen LogP) is 3.67. The highest BCUT2D eigenvalue weighted by molar-refractivity contribution is 8.00. The van der Waals surface area contributed by atoms with Crippen LogP contribution in [-0.4, -0.2) is 30.4 Å². The number of primary sulfonamides is 1. The first-order valence-electron chi connectivity index (χ1n) is 9.42. The number of Topliss-reactive ketones (excluding diaryl/α,β-unsaturated/α-hetero) is 1. The highest BCUT2D eigenvalue weighted by Crippen LogP contribution is 2.26. The largest absolute Gasteiger partial charge is 0.326 e. The van der Waals surface area contributed by atoms with E-state index in [2.05, 4.69) is 5.32 Å². The van der Waals surface area contributed by atoms with Crippen molar-refractivity contribution in [1.82, 2.24) is 4.57 Å². The first-order valence-corrected chi connectivity index (χ1v) is 12.0. The van der Waals surface area contributed by atoms with Gasteiger partial charge in [0.2, 0.25) is 15.9 Å². The number of hydrogen-bond donors (Lipinski definition) is 2. The van der Waals surface area contributed by atoms with Crippen LogP contribution in [-0.2, 0) is 14.8 Å². The molecule has 2 aromatic carbocycles. The standard InChI is InChI=1S/C22H23N3O4S2/c1-14-12-21(15(2)25(14)18-6-10-20(11-7-18)31(23,28)29)22(27)13-30-19-8-4-17(5-9-19)24-16(3)26/h4-12H,13H2,1-3H3,(H,24,26)(H2,23,28,29). The number of sulfonamides is 1. The maximum Gasteiger partial charge on any atom is 0.238 e. The van der Waals surface area contributed by atoms with Crippen molar-refractivity contribution in [2.45, 2.75) is 30.6 Å². The van der Waals surface area contributed by atoms with Crippen molar-refractivity contribution >= 4 is 39.2 Å². The monoisotopic (exact) mass is 457 g/mol. The molecule has 9 heteroatoms. The lowest BCUT2D eigenvalue weighted by Crippen LogP contribution is -2.12. The van der Waals surface area contributed by atoms with E-state index in [1.807, 2.05) is 36.6 Å². The molecule has 0 aliphatic carbocycles. The number of benzene rings is 2. The fourth-order valence-electron chi connectivity index (χ4n) is 3.29. The van der Waals surface area contributed by atoms with E-state index in [0.29, 0.717) is 11.3 Å². The van der Waals surface area contributed by atoms with E-state index >= 15 is 0 Å². The molecule has 31 heavy (non-hydrogen) atoms. The minimum atomic E-state index is -3.76. The molecular formula is C22H23N3O4S2. The summed E-state index contributed by atoms with van der Waals surface area (Å²) >= 11 is 1.42. The molecule has 1 aromatic heterocycles. The second-order valence-corrected chi connectivity index (χ2v) is 9.69. The van der Waals surface area contributed by atoms with E-state index in [9.17, 15) is 18.0 Å². The number of nitrogens with two attached hydrogens (primary N) is 1. The zero-order valence-electron chi connectivity index (χ0n) is 17.4. The second kappa shape index (κ2) is 9.09. The molecule has 0 fully saturated rings. The number of anilines is 1. The molecule has 0 radical (unpaired) electrons. The Morgan fingerprint density at radius 1 is 1.03 bits per heavy atom. The lowest BCUT2D eigenvalue weighted by atomic mass is 10.2. The van der Waals surface area contributed by atoms with Crippen molar-refractivity contribution < 1.29 is 18.0 Å². The van der Waals surface area contributed by atoms with Gasteiger partial charge in [-0.2, -0.15) is 0 Å². The summed E-state index contributed by atoms with van der Waals surface area (Å²) < 4.78 is 24.8. The summed E-state index contributed by atoms with van der Waals surface area (Å²) in [6.07, 6.45) is 0. The number of amides is 1. The average Bonchev–Trinajstić information content (AvgIpc) is 3.00. The van der Waals surface area contributed by atoms with Gasteiger partial charge >= 0.3 is 0 Å². The lowest BCUT2D eigenvalue weighted by molar-refractivity contribution is -0.114. The minimum absolute atomic E-state index is 0.00329. The predicted molar refractivity (Wildman–Crippen MR) is 122 cm³/mol. The molecule has 162 valence electrons. The number of hydrogen-bond acceptors (Lipinski definition) is 5. The van der Waals surface area contributed by atoms with Gasteiger partial charge in [-0.25, -0.2) is 13.6 Å². The van der Waals surface area contributed by atoms with Crippen LogP contribution in [0.2, 0.25) is 0 Å². The van der Waals surface area contributed by atoms with Gasteiger partial charge in [-0.15, -0.1) is 11.8 Å². The van der Waals surface area contributed by atoms with Crippen molar-refractivity contribution in [1.29, 1.82) is 0 Å². The number of rotatable bonds is 7. The summed E-state index contributed by atoms with van der Waals surface area (Å²) in [5.41, 5.74) is 3.74. The molecule has 0 bridgehead atoms. The molecule has 0 unspecified atom stereocenters. The van der Waals surface area contributed by atoms with E-state index < -0.39 is 10.0 Å². The SMILES string of the molecule is CC(=O)Nc1ccc(SCC(=O)c2cc(C)n(-c3ccc(S(N)(=O)=O)cc3)c2C)cc1. The van der Waals surface area contributed by atoms with Crippen LogP contribution < -0.4 is 10.5 Å². The third-order valence-electron chi connectivity index (χ3n) is 4.70. The van der Waals surface area contributed by atoms with Gasteiger partial charge < -0.3 is 9.88 Å². The van der Waals surface area contributed by atoms with Crippen molar-refractivity contribution in [3.05, 3.63) is 71.5 Å². The summed E-state index contributed by atoms with van der Waals surface area (Å²) in [4.78, 5) is 24.9. The number of aryl methyl sites for hydroxylation is 1. The highest BCUT2D eigenvalue weighted by Gasteiger charge is 2.17. The molecular weight excluding hydrogens is 434 g/mol. The number of thioether (sulfide) groups is 1. The molecule has 0 saturated carbocycles. The molecule has 0 atom stereocenters. The zero-order chi connectivity index (χ0) is 22.8. The van der Waals surface area contributed by atoms with Gasteiger partial charge in [0.05, 0.1) is 10.6 Å². The number of nitrogens with zero attached hydrogens (tertiary/aromatic N) is 1. The quantitative estimate of drug-likeness (QED) is 0.415. The molecule has 0 aliphatic rings. The Balaban J connectivity index is 1.75. The fourth-order valence-corrected chi connectivity index (χ4v) is 4.59. The van der Waals surface area contributed by atoms with Gasteiger partial charge in [-0.3, -0.25) is 9.59 Å². The number of carbonyl (C=O) groups is 2. The van der Waals surface area contributed by atoms with E-state index in [1.54, 1.807) is 24.3 Å². The Morgan fingerprint density at radius 2 is 1.65 bits per heavy atom. The Kier molecular flexibility index (Phi) is 6.68. The summed E-state index contributed by atoms with van der Waals surface area (Å²) in [6.45, 7) is 5.21. The molecule has 3 N–H and O–H groups in total. The van der Waals surface area contributed by atoms with Crippen LogP contribution in [0, 0.1) is 13.8 Å². The maximum absolute atomic E-state index is 12.8. The second-order valence-electron chi connectivity index (χ2n) is 7.08. The number of aromatic nitrogens is 1. The Labute approximate surface area is 185 Å². The Bertz CT molecular complexity index is 1230. The van der Waals surface area contributed by atoms with Crippen LogP contribution in [0.1, 0.15) is 28.7 Å². The van der Waals surface area contributed by atoms with Crippen LogP contribution in [0.15, 0.2) is 64.4 Å². The van der Waals surface area contributed by atoms with E-state index in [-0.39, 0.29) is 22.3 Å². The van der Waals surface area contributed by atoms with E-state index in [1.165, 1.54) is 30.8 Å². The fraction of sp³-hybridized carbons (Fsp3) is 0.182. The normalized spacial score (nSPS) is 11.4. The molecule has 7 nitrogen and oxygen atoms in total. The van der Waals surface area contributed by atoms with Crippen molar-refractivity contribution in [2.24, 2.45) is 5.14 Å². The highest BCUT2D eigenvalue weighted by atomic mass is 32.2. The van der Waals surface area contributed by atoms with Crippen LogP contribution in [0.3, 0.4) is 0 Å². The van der Waals surface area contributed by atoms with E-state index in [0.717, 1.165) is 22.0 Å². The van der Waals surface area contributed by atoms with Crippen LogP contribution in [0.25, 0.3) is 5.69 Å². The van der Waals surface area contributed by atoms with Gasteiger partial charge in [0.15, 0.2) is 5.78 Å². The number of carbonyl (C=O) groups excluding carboxylic acids is 2. The Hall–Kier alpha value is -2.88. The molecule has 1 amide bonds. The van der Waals surface area contributed by atoms with Gasteiger partial charge in [0.25, 0.3) is 0 Å². The molecule has 0 spiro atoms. The van der Waals surface area contributed by atoms with E-state index in [4.69, 9.17) is 5.14 Å². The summed E-state index contributed by atoms with van der Waals surface area (Å²) in [7, 11) is -3.76. The molecule has 0 aliphatic heterocycles. The number of nitrogens with one attached hydrogen (secondary N) is 1. The summed E-state index contributed by atoms with van der Waals surface area (Å²) in [5, 5.41) is 7.87. The van der Waals surface area contributed by atoms with Crippen molar-refractivity contribution in [3.63, 3.8) is 0 Å². The lowest BCUT2D eigenvalue weighted by Gasteiger charge is -2.10. The van der Waals surface area contributed by atoms with Crippen molar-refractivity contribution in [2.75, 3.05) is 11.1 Å². The van der Waals surface area contributed by atoms with Gasteiger partial charge in [0.1, 0.15) is 0 Å². The molecule has 0 saturated heterocycles.